The SMILES string of the molecule is O=C(O)c1ccc(-c2ccc(/C=N\NC(=O)c3cccc4ccccc34)o2)cc1. The van der Waals surface area contributed by atoms with Gasteiger partial charge in [-0.3, -0.25) is 4.79 Å². The summed E-state index contributed by atoms with van der Waals surface area (Å²) in [7, 11) is 0. The summed E-state index contributed by atoms with van der Waals surface area (Å²) in [6.07, 6.45) is 1.41. The molecule has 6 heteroatoms. The highest BCUT2D eigenvalue weighted by Crippen LogP contribution is 2.22. The van der Waals surface area contributed by atoms with Crippen LogP contribution >= 0.6 is 0 Å². The Kier molecular flexibility index (Phi) is 4.90. The summed E-state index contributed by atoms with van der Waals surface area (Å²) in [4.78, 5) is 23.4. The van der Waals surface area contributed by atoms with Gasteiger partial charge in [0.1, 0.15) is 11.5 Å². The van der Waals surface area contributed by atoms with Crippen molar-refractivity contribution in [3.8, 4) is 11.3 Å². The lowest BCUT2D eigenvalue weighted by molar-refractivity contribution is 0.0696. The van der Waals surface area contributed by atoms with E-state index in [0.29, 0.717) is 17.1 Å². The summed E-state index contributed by atoms with van der Waals surface area (Å²) >= 11 is 0. The van der Waals surface area contributed by atoms with Crippen molar-refractivity contribution in [2.45, 2.75) is 0 Å². The molecule has 3 aromatic carbocycles. The maximum atomic E-state index is 12.5. The molecule has 0 aliphatic carbocycles. The number of nitrogens with zero attached hydrogens (tertiary/aromatic N) is 1. The fourth-order valence-electron chi connectivity index (χ4n) is 2.99. The standard InChI is InChI=1S/C23H16N2O4/c26-22(20-7-3-5-15-4-1-2-6-19(15)20)25-24-14-18-12-13-21(29-18)16-8-10-17(11-9-16)23(27)28/h1-14H,(H,25,26)(H,27,28)/b24-14-. The van der Waals surface area contributed by atoms with Gasteiger partial charge in [-0.25, -0.2) is 10.2 Å². The number of hydrogen-bond donors (Lipinski definition) is 2. The van der Waals surface area contributed by atoms with Crippen LogP contribution in [0.2, 0.25) is 0 Å². The summed E-state index contributed by atoms with van der Waals surface area (Å²) in [5.74, 6) is -0.260. The second-order valence-electron chi connectivity index (χ2n) is 6.31. The number of hydrazone groups is 1. The minimum absolute atomic E-state index is 0.207. The van der Waals surface area contributed by atoms with Crippen LogP contribution in [0.4, 0.5) is 0 Å². The predicted molar refractivity (Wildman–Crippen MR) is 110 cm³/mol. The zero-order chi connectivity index (χ0) is 20.2. The molecular weight excluding hydrogens is 368 g/mol. The highest BCUT2D eigenvalue weighted by atomic mass is 16.4. The zero-order valence-corrected chi connectivity index (χ0v) is 15.2. The molecule has 2 N–H and O–H groups in total. The Morgan fingerprint density at radius 3 is 2.45 bits per heavy atom. The van der Waals surface area contributed by atoms with Crippen LogP contribution in [-0.4, -0.2) is 23.2 Å². The summed E-state index contributed by atoms with van der Waals surface area (Å²) < 4.78 is 5.68. The van der Waals surface area contributed by atoms with Crippen molar-refractivity contribution in [3.63, 3.8) is 0 Å². The Morgan fingerprint density at radius 2 is 1.66 bits per heavy atom. The fourth-order valence-corrected chi connectivity index (χ4v) is 2.99. The van der Waals surface area contributed by atoms with E-state index in [0.717, 1.165) is 16.3 Å². The topological polar surface area (TPSA) is 91.9 Å². The monoisotopic (exact) mass is 384 g/mol. The van der Waals surface area contributed by atoms with Gasteiger partial charge in [-0.2, -0.15) is 5.10 Å². The Balaban J connectivity index is 1.46. The van der Waals surface area contributed by atoms with Crippen LogP contribution in [0.3, 0.4) is 0 Å². The third-order valence-electron chi connectivity index (χ3n) is 4.44. The lowest BCUT2D eigenvalue weighted by atomic mass is 10.0. The highest BCUT2D eigenvalue weighted by molar-refractivity contribution is 6.07. The van der Waals surface area contributed by atoms with Crippen LogP contribution in [0, 0.1) is 0 Å². The van der Waals surface area contributed by atoms with Crippen molar-refractivity contribution in [2.75, 3.05) is 0 Å². The zero-order valence-electron chi connectivity index (χ0n) is 15.2. The molecule has 0 aliphatic heterocycles. The molecule has 1 heterocycles. The normalized spacial score (nSPS) is 11.0. The highest BCUT2D eigenvalue weighted by Gasteiger charge is 2.09. The van der Waals surface area contributed by atoms with Crippen LogP contribution in [0.1, 0.15) is 26.5 Å². The number of aromatic carboxylic acids is 1. The minimum Gasteiger partial charge on any atom is -0.478 e. The maximum absolute atomic E-state index is 12.5. The molecule has 6 nitrogen and oxygen atoms in total. The number of nitrogens with one attached hydrogen (secondary N) is 1. The Morgan fingerprint density at radius 1 is 0.897 bits per heavy atom. The third kappa shape index (κ3) is 3.91. The van der Waals surface area contributed by atoms with E-state index in [9.17, 15) is 9.59 Å². The molecule has 0 bridgehead atoms. The molecule has 0 aliphatic rings. The van der Waals surface area contributed by atoms with E-state index >= 15 is 0 Å². The molecule has 0 unspecified atom stereocenters. The van der Waals surface area contributed by atoms with Gasteiger partial charge in [0.05, 0.1) is 11.8 Å². The van der Waals surface area contributed by atoms with Gasteiger partial charge in [-0.15, -0.1) is 0 Å². The van der Waals surface area contributed by atoms with E-state index in [1.165, 1.54) is 18.3 Å². The first-order valence-electron chi connectivity index (χ1n) is 8.86. The van der Waals surface area contributed by atoms with Crippen LogP contribution in [0.25, 0.3) is 22.1 Å². The van der Waals surface area contributed by atoms with Gasteiger partial charge >= 0.3 is 5.97 Å². The number of hydrogen-bond acceptors (Lipinski definition) is 4. The smallest absolute Gasteiger partial charge is 0.335 e. The molecular formula is C23H16N2O4. The Labute approximate surface area is 166 Å². The van der Waals surface area contributed by atoms with E-state index in [1.54, 1.807) is 30.3 Å². The number of carboxylic acids is 1. The molecule has 0 fully saturated rings. The molecule has 4 rings (SSSR count). The van der Waals surface area contributed by atoms with E-state index in [2.05, 4.69) is 10.5 Å². The largest absolute Gasteiger partial charge is 0.478 e. The molecule has 4 aromatic rings. The Bertz CT molecular complexity index is 1220. The summed E-state index contributed by atoms with van der Waals surface area (Å²) in [5, 5.41) is 14.8. The molecule has 29 heavy (non-hydrogen) atoms. The molecule has 0 saturated heterocycles. The van der Waals surface area contributed by atoms with Crippen molar-refractivity contribution in [3.05, 3.63) is 95.7 Å². The molecule has 1 aromatic heterocycles. The summed E-state index contributed by atoms with van der Waals surface area (Å²) in [6, 6.07) is 23.0. The van der Waals surface area contributed by atoms with Crippen molar-refractivity contribution in [1.82, 2.24) is 5.43 Å². The van der Waals surface area contributed by atoms with Gasteiger partial charge in [0.2, 0.25) is 0 Å². The molecule has 1 amide bonds. The summed E-state index contributed by atoms with van der Waals surface area (Å²) in [5.41, 5.74) is 4.01. The Hall–Kier alpha value is -4.19. The molecule has 0 spiro atoms. The van der Waals surface area contributed by atoms with Gasteiger partial charge < -0.3 is 9.52 Å². The molecule has 0 saturated carbocycles. The van der Waals surface area contributed by atoms with Gasteiger partial charge in [-0.05, 0) is 41.1 Å². The van der Waals surface area contributed by atoms with Gasteiger partial charge in [0, 0.05) is 11.1 Å². The van der Waals surface area contributed by atoms with E-state index in [1.807, 2.05) is 36.4 Å². The van der Waals surface area contributed by atoms with E-state index in [-0.39, 0.29) is 11.5 Å². The first-order chi connectivity index (χ1) is 14.1. The average molecular weight is 384 g/mol. The average Bonchev–Trinajstić information content (AvgIpc) is 3.22. The molecule has 142 valence electrons. The molecule has 0 atom stereocenters. The van der Waals surface area contributed by atoms with Crippen LogP contribution < -0.4 is 5.43 Å². The van der Waals surface area contributed by atoms with Crippen molar-refractivity contribution in [1.29, 1.82) is 0 Å². The van der Waals surface area contributed by atoms with Crippen molar-refractivity contribution >= 4 is 28.9 Å². The van der Waals surface area contributed by atoms with Crippen LogP contribution in [0.5, 0.6) is 0 Å². The number of carbonyl (C=O) groups is 2. The van der Waals surface area contributed by atoms with E-state index < -0.39 is 5.97 Å². The summed E-state index contributed by atoms with van der Waals surface area (Å²) in [6.45, 7) is 0. The first-order valence-corrected chi connectivity index (χ1v) is 8.86. The van der Waals surface area contributed by atoms with Gasteiger partial charge in [0.15, 0.2) is 0 Å². The second kappa shape index (κ2) is 7.82. The number of rotatable bonds is 5. The fraction of sp³-hybridized carbons (Fsp3) is 0. The van der Waals surface area contributed by atoms with Crippen molar-refractivity contribution in [2.24, 2.45) is 5.10 Å². The maximum Gasteiger partial charge on any atom is 0.335 e. The van der Waals surface area contributed by atoms with Crippen molar-refractivity contribution < 1.29 is 19.1 Å². The first kappa shape index (κ1) is 18.2. The number of carboxylic acid groups (broad SMARTS) is 1. The molecule has 0 radical (unpaired) electrons. The van der Waals surface area contributed by atoms with Gasteiger partial charge in [-0.1, -0.05) is 48.5 Å². The van der Waals surface area contributed by atoms with Gasteiger partial charge in [0.25, 0.3) is 5.91 Å². The third-order valence-corrected chi connectivity index (χ3v) is 4.44. The number of carbonyl (C=O) groups excluding carboxylic acids is 1. The lowest BCUT2D eigenvalue weighted by Gasteiger charge is -2.04. The van der Waals surface area contributed by atoms with Crippen LogP contribution in [-0.2, 0) is 0 Å². The number of amides is 1. The van der Waals surface area contributed by atoms with E-state index in [4.69, 9.17) is 9.52 Å². The quantitative estimate of drug-likeness (QED) is 0.390. The second-order valence-corrected chi connectivity index (χ2v) is 6.31. The lowest BCUT2D eigenvalue weighted by Crippen LogP contribution is -2.17. The van der Waals surface area contributed by atoms with Crippen LogP contribution in [0.15, 0.2) is 88.4 Å². The number of furan rings is 1. The number of fused-ring (bicyclic) bond motifs is 1. The minimum atomic E-state index is -0.981. The predicted octanol–water partition coefficient (Wildman–Crippen LogP) is 4.56. The number of benzene rings is 3.